The summed E-state index contributed by atoms with van der Waals surface area (Å²) in [5, 5.41) is 2.75. The van der Waals surface area contributed by atoms with Gasteiger partial charge in [-0.1, -0.05) is 6.07 Å². The van der Waals surface area contributed by atoms with Crippen molar-refractivity contribution < 1.29 is 19.1 Å². The van der Waals surface area contributed by atoms with Crippen LogP contribution in [0.25, 0.3) is 0 Å². The van der Waals surface area contributed by atoms with Gasteiger partial charge in [0.2, 0.25) is 0 Å². The lowest BCUT2D eigenvalue weighted by molar-refractivity contribution is -0.117. The van der Waals surface area contributed by atoms with E-state index in [0.29, 0.717) is 30.7 Å². The Labute approximate surface area is 132 Å². The molecule has 0 aliphatic carbocycles. The van der Waals surface area contributed by atoms with Crippen molar-refractivity contribution in [1.29, 1.82) is 0 Å². The van der Waals surface area contributed by atoms with Crippen LogP contribution in [0, 0.1) is 0 Å². The molecule has 5 nitrogen and oxygen atoms in total. The largest absolute Gasteiger partial charge is 0.496 e. The van der Waals surface area contributed by atoms with Gasteiger partial charge in [0.25, 0.3) is 0 Å². The van der Waals surface area contributed by atoms with Crippen molar-refractivity contribution in [3.05, 3.63) is 23.8 Å². The summed E-state index contributed by atoms with van der Waals surface area (Å²) in [6.07, 6.45) is 1.35. The van der Waals surface area contributed by atoms with Crippen LogP contribution in [0.15, 0.2) is 18.2 Å². The van der Waals surface area contributed by atoms with Crippen LogP contribution >= 0.6 is 0 Å². The Balaban J connectivity index is 2.88. The van der Waals surface area contributed by atoms with E-state index in [0.717, 1.165) is 5.56 Å². The van der Waals surface area contributed by atoms with Crippen LogP contribution in [-0.2, 0) is 16.0 Å². The number of carbonyl (C=O) groups is 2. The highest BCUT2D eigenvalue weighted by atomic mass is 16.6. The molecule has 0 heterocycles. The van der Waals surface area contributed by atoms with E-state index in [9.17, 15) is 9.59 Å². The monoisotopic (exact) mass is 307 g/mol. The zero-order chi connectivity index (χ0) is 16.8. The van der Waals surface area contributed by atoms with E-state index in [-0.39, 0.29) is 5.78 Å². The number of rotatable bonds is 6. The summed E-state index contributed by atoms with van der Waals surface area (Å²) in [7, 11) is 1.58. The number of hydrogen-bond acceptors (Lipinski definition) is 4. The Bertz CT molecular complexity index is 532. The Morgan fingerprint density at radius 1 is 1.23 bits per heavy atom. The third kappa shape index (κ3) is 6.16. The highest BCUT2D eigenvalue weighted by molar-refractivity contribution is 5.86. The molecule has 0 bridgehead atoms. The average molecular weight is 307 g/mol. The number of amides is 1. The Morgan fingerprint density at radius 3 is 2.45 bits per heavy atom. The maximum Gasteiger partial charge on any atom is 0.412 e. The first-order valence-electron chi connectivity index (χ1n) is 7.38. The van der Waals surface area contributed by atoms with E-state index in [1.54, 1.807) is 26.2 Å². The third-order valence-electron chi connectivity index (χ3n) is 2.94. The van der Waals surface area contributed by atoms with Crippen LogP contribution in [0.4, 0.5) is 10.5 Å². The zero-order valence-corrected chi connectivity index (χ0v) is 14.0. The summed E-state index contributed by atoms with van der Waals surface area (Å²) in [6.45, 7) is 7.01. The van der Waals surface area contributed by atoms with Gasteiger partial charge < -0.3 is 14.3 Å². The molecule has 0 saturated carbocycles. The van der Waals surface area contributed by atoms with Crippen molar-refractivity contribution in [2.45, 2.75) is 52.6 Å². The SMILES string of the molecule is COc1cccc(NC(=O)OC(C)(C)C)c1CCCC(C)=O. The lowest BCUT2D eigenvalue weighted by Crippen LogP contribution is -2.27. The van der Waals surface area contributed by atoms with Gasteiger partial charge in [0.1, 0.15) is 17.1 Å². The highest BCUT2D eigenvalue weighted by Gasteiger charge is 2.18. The van der Waals surface area contributed by atoms with E-state index in [4.69, 9.17) is 9.47 Å². The Hall–Kier alpha value is -2.04. The molecular formula is C17H25NO4. The minimum Gasteiger partial charge on any atom is -0.496 e. The number of Topliss-reactive ketones (excluding diaryl/α,β-unsaturated/α-hetero) is 1. The number of carbonyl (C=O) groups excluding carboxylic acids is 2. The zero-order valence-electron chi connectivity index (χ0n) is 14.0. The molecule has 0 radical (unpaired) electrons. The fraction of sp³-hybridized carbons (Fsp3) is 0.529. The first-order chi connectivity index (χ1) is 10.2. The molecule has 0 aromatic heterocycles. The van der Waals surface area contributed by atoms with Gasteiger partial charge in [0.15, 0.2) is 0 Å². The lowest BCUT2D eigenvalue weighted by Gasteiger charge is -2.21. The molecule has 0 spiro atoms. The molecule has 0 aliphatic heterocycles. The van der Waals surface area contributed by atoms with E-state index in [1.807, 2.05) is 26.8 Å². The quantitative estimate of drug-likeness (QED) is 0.864. The number of benzene rings is 1. The standard InChI is InChI=1S/C17H25NO4/c1-12(19)8-6-9-13-14(10-7-11-15(13)21-5)18-16(20)22-17(2,3)4/h7,10-11H,6,8-9H2,1-5H3,(H,18,20). The van der Waals surface area contributed by atoms with Crippen LogP contribution in [0.2, 0.25) is 0 Å². The van der Waals surface area contributed by atoms with Crippen LogP contribution in [-0.4, -0.2) is 24.6 Å². The normalized spacial score (nSPS) is 11.0. The van der Waals surface area contributed by atoms with Crippen molar-refractivity contribution in [1.82, 2.24) is 0 Å². The number of nitrogens with one attached hydrogen (secondary N) is 1. The second-order valence-corrected chi connectivity index (χ2v) is 6.17. The van der Waals surface area contributed by atoms with Gasteiger partial charge in [0, 0.05) is 12.0 Å². The van der Waals surface area contributed by atoms with Gasteiger partial charge in [-0.2, -0.15) is 0 Å². The molecule has 1 aromatic carbocycles. The fourth-order valence-corrected chi connectivity index (χ4v) is 2.06. The smallest absolute Gasteiger partial charge is 0.412 e. The van der Waals surface area contributed by atoms with Crippen molar-refractivity contribution >= 4 is 17.6 Å². The molecule has 0 aliphatic rings. The molecule has 0 atom stereocenters. The second-order valence-electron chi connectivity index (χ2n) is 6.17. The number of ether oxygens (including phenoxy) is 2. The molecule has 1 amide bonds. The minimum atomic E-state index is -0.558. The number of anilines is 1. The average Bonchev–Trinajstić information content (AvgIpc) is 2.37. The predicted octanol–water partition coefficient (Wildman–Crippen LogP) is 3.95. The summed E-state index contributed by atoms with van der Waals surface area (Å²) in [5.74, 6) is 0.841. The minimum absolute atomic E-state index is 0.150. The predicted molar refractivity (Wildman–Crippen MR) is 86.5 cm³/mol. The summed E-state index contributed by atoms with van der Waals surface area (Å²) in [4.78, 5) is 23.0. The van der Waals surface area contributed by atoms with E-state index in [2.05, 4.69) is 5.32 Å². The van der Waals surface area contributed by atoms with Gasteiger partial charge in [-0.15, -0.1) is 0 Å². The molecule has 5 heteroatoms. The summed E-state index contributed by atoms with van der Waals surface area (Å²) < 4.78 is 10.6. The van der Waals surface area contributed by atoms with Crippen molar-refractivity contribution in [2.75, 3.05) is 12.4 Å². The fourth-order valence-electron chi connectivity index (χ4n) is 2.06. The number of ketones is 1. The molecule has 1 N–H and O–H groups in total. The molecule has 1 rings (SSSR count). The molecule has 0 saturated heterocycles. The summed E-state index contributed by atoms with van der Waals surface area (Å²) >= 11 is 0. The van der Waals surface area contributed by atoms with Crippen LogP contribution in [0.3, 0.4) is 0 Å². The first kappa shape index (κ1) is 18.0. The van der Waals surface area contributed by atoms with E-state index in [1.165, 1.54) is 0 Å². The van der Waals surface area contributed by atoms with Gasteiger partial charge in [-0.05, 0) is 52.7 Å². The van der Waals surface area contributed by atoms with Gasteiger partial charge >= 0.3 is 6.09 Å². The molecular weight excluding hydrogens is 282 g/mol. The second kappa shape index (κ2) is 7.82. The van der Waals surface area contributed by atoms with Gasteiger partial charge in [-0.3, -0.25) is 5.32 Å². The Kier molecular flexibility index (Phi) is 6.40. The van der Waals surface area contributed by atoms with Crippen molar-refractivity contribution in [3.8, 4) is 5.75 Å². The summed E-state index contributed by atoms with van der Waals surface area (Å²) in [6, 6.07) is 5.44. The molecule has 0 unspecified atom stereocenters. The molecule has 22 heavy (non-hydrogen) atoms. The molecule has 0 fully saturated rings. The number of methoxy groups -OCH3 is 1. The molecule has 1 aromatic rings. The van der Waals surface area contributed by atoms with Crippen LogP contribution in [0.5, 0.6) is 5.75 Å². The molecule has 122 valence electrons. The van der Waals surface area contributed by atoms with Crippen LogP contribution in [0.1, 0.15) is 46.1 Å². The Morgan fingerprint density at radius 2 is 1.91 bits per heavy atom. The van der Waals surface area contributed by atoms with Crippen LogP contribution < -0.4 is 10.1 Å². The highest BCUT2D eigenvalue weighted by Crippen LogP contribution is 2.28. The first-order valence-corrected chi connectivity index (χ1v) is 7.38. The topological polar surface area (TPSA) is 64.6 Å². The maximum atomic E-state index is 11.9. The van der Waals surface area contributed by atoms with Crippen molar-refractivity contribution in [2.24, 2.45) is 0 Å². The van der Waals surface area contributed by atoms with E-state index < -0.39 is 11.7 Å². The van der Waals surface area contributed by atoms with Crippen molar-refractivity contribution in [3.63, 3.8) is 0 Å². The summed E-state index contributed by atoms with van der Waals surface area (Å²) in [5.41, 5.74) is 0.965. The number of hydrogen-bond donors (Lipinski definition) is 1. The lowest BCUT2D eigenvalue weighted by atomic mass is 10.0. The van der Waals surface area contributed by atoms with Gasteiger partial charge in [0.05, 0.1) is 12.8 Å². The maximum absolute atomic E-state index is 11.9. The van der Waals surface area contributed by atoms with Gasteiger partial charge in [-0.25, -0.2) is 4.79 Å². The van der Waals surface area contributed by atoms with E-state index >= 15 is 0 Å². The third-order valence-corrected chi connectivity index (χ3v) is 2.94.